The fourth-order valence-electron chi connectivity index (χ4n) is 2.35. The van der Waals surface area contributed by atoms with Crippen LogP contribution in [0.3, 0.4) is 0 Å². The van der Waals surface area contributed by atoms with Gasteiger partial charge in [0.05, 0.1) is 11.8 Å². The summed E-state index contributed by atoms with van der Waals surface area (Å²) in [5.74, 6) is 2.03. The maximum Gasteiger partial charge on any atom is 0.245 e. The van der Waals surface area contributed by atoms with Crippen molar-refractivity contribution in [3.8, 4) is 11.4 Å². The van der Waals surface area contributed by atoms with E-state index in [0.29, 0.717) is 5.92 Å². The van der Waals surface area contributed by atoms with Crippen LogP contribution in [0.5, 0.6) is 0 Å². The first-order valence-corrected chi connectivity index (χ1v) is 6.55. The van der Waals surface area contributed by atoms with Crippen molar-refractivity contribution in [1.29, 1.82) is 0 Å². The van der Waals surface area contributed by atoms with Crippen LogP contribution in [-0.4, -0.2) is 44.1 Å². The van der Waals surface area contributed by atoms with Gasteiger partial charge in [0.1, 0.15) is 0 Å². The molecule has 7 heteroatoms. The van der Waals surface area contributed by atoms with Gasteiger partial charge in [0, 0.05) is 32.4 Å². The Balaban J connectivity index is 1.78. The molecule has 3 N–H and O–H groups in total. The van der Waals surface area contributed by atoms with Crippen LogP contribution in [-0.2, 0) is 7.05 Å². The lowest BCUT2D eigenvalue weighted by atomic mass is 9.95. The molecule has 2 aromatic heterocycles. The molecule has 2 unspecified atom stereocenters. The third kappa shape index (κ3) is 2.33. The van der Waals surface area contributed by atoms with E-state index in [0.717, 1.165) is 36.8 Å². The highest BCUT2D eigenvalue weighted by atomic mass is 15.4. The summed E-state index contributed by atoms with van der Waals surface area (Å²) in [6, 6.07) is 0.189. The molecular formula is C12H19N7. The van der Waals surface area contributed by atoms with Crippen LogP contribution in [0.1, 0.15) is 13.3 Å². The Morgan fingerprint density at radius 1 is 1.47 bits per heavy atom. The molecule has 0 saturated carbocycles. The minimum atomic E-state index is 0.189. The van der Waals surface area contributed by atoms with Crippen LogP contribution >= 0.6 is 0 Å². The molecule has 3 heterocycles. The number of nitrogens with zero attached hydrogens (tertiary/aromatic N) is 5. The van der Waals surface area contributed by atoms with E-state index in [2.05, 4.69) is 32.1 Å². The topological polar surface area (TPSA) is 88.7 Å². The second kappa shape index (κ2) is 4.65. The predicted octanol–water partition coefficient (Wildman–Crippen LogP) is 0.379. The zero-order valence-electron chi connectivity index (χ0n) is 11.2. The molecule has 0 aromatic carbocycles. The van der Waals surface area contributed by atoms with Gasteiger partial charge in [-0.1, -0.05) is 6.92 Å². The summed E-state index contributed by atoms with van der Waals surface area (Å²) in [6.45, 7) is 3.96. The van der Waals surface area contributed by atoms with Gasteiger partial charge in [0.2, 0.25) is 5.95 Å². The largest absolute Gasteiger partial charge is 0.338 e. The third-order valence-electron chi connectivity index (χ3n) is 3.75. The number of anilines is 1. The molecule has 0 amide bonds. The van der Waals surface area contributed by atoms with E-state index in [1.165, 1.54) is 0 Å². The van der Waals surface area contributed by atoms with E-state index in [1.54, 1.807) is 10.9 Å². The monoisotopic (exact) mass is 261 g/mol. The Bertz CT molecular complexity index is 558. The van der Waals surface area contributed by atoms with Gasteiger partial charge < -0.3 is 10.6 Å². The molecule has 2 aromatic rings. The Morgan fingerprint density at radius 3 is 3.00 bits per heavy atom. The summed E-state index contributed by atoms with van der Waals surface area (Å²) >= 11 is 0. The van der Waals surface area contributed by atoms with E-state index < -0.39 is 0 Å². The smallest absolute Gasteiger partial charge is 0.245 e. The molecule has 1 saturated heterocycles. The summed E-state index contributed by atoms with van der Waals surface area (Å²) in [5, 5.41) is 11.4. The predicted molar refractivity (Wildman–Crippen MR) is 72.6 cm³/mol. The number of piperidine rings is 1. The highest BCUT2D eigenvalue weighted by molar-refractivity contribution is 5.54. The molecule has 3 rings (SSSR count). The molecule has 1 aliphatic heterocycles. The van der Waals surface area contributed by atoms with Crippen molar-refractivity contribution < 1.29 is 0 Å². The zero-order chi connectivity index (χ0) is 13.4. The number of aromatic amines is 1. The van der Waals surface area contributed by atoms with Crippen molar-refractivity contribution in [2.45, 2.75) is 19.4 Å². The summed E-state index contributed by atoms with van der Waals surface area (Å²) < 4.78 is 1.75. The van der Waals surface area contributed by atoms with Gasteiger partial charge in [0.25, 0.3) is 0 Å². The first kappa shape index (κ1) is 12.2. The maximum atomic E-state index is 6.11. The zero-order valence-corrected chi connectivity index (χ0v) is 11.2. The van der Waals surface area contributed by atoms with Gasteiger partial charge in [0.15, 0.2) is 5.82 Å². The molecule has 0 aliphatic carbocycles. The molecular weight excluding hydrogens is 242 g/mol. The average molecular weight is 261 g/mol. The van der Waals surface area contributed by atoms with Gasteiger partial charge in [-0.2, -0.15) is 10.1 Å². The van der Waals surface area contributed by atoms with E-state index in [4.69, 9.17) is 5.73 Å². The van der Waals surface area contributed by atoms with Crippen LogP contribution in [0.4, 0.5) is 5.95 Å². The van der Waals surface area contributed by atoms with Crippen LogP contribution in [0, 0.1) is 5.92 Å². The van der Waals surface area contributed by atoms with Gasteiger partial charge in [-0.25, -0.2) is 0 Å². The molecule has 0 radical (unpaired) electrons. The molecule has 7 nitrogen and oxygen atoms in total. The quantitative estimate of drug-likeness (QED) is 0.815. The van der Waals surface area contributed by atoms with Crippen LogP contribution in [0.2, 0.25) is 0 Å². The fourth-order valence-corrected chi connectivity index (χ4v) is 2.35. The van der Waals surface area contributed by atoms with Crippen molar-refractivity contribution >= 4 is 5.95 Å². The van der Waals surface area contributed by atoms with Crippen molar-refractivity contribution in [2.24, 2.45) is 18.7 Å². The van der Waals surface area contributed by atoms with Crippen LogP contribution in [0.15, 0.2) is 12.4 Å². The molecule has 1 fully saturated rings. The minimum absolute atomic E-state index is 0.189. The average Bonchev–Trinajstić information content (AvgIpc) is 3.01. The lowest BCUT2D eigenvalue weighted by Gasteiger charge is -2.34. The lowest BCUT2D eigenvalue weighted by Crippen LogP contribution is -2.48. The first-order valence-electron chi connectivity index (χ1n) is 6.55. The van der Waals surface area contributed by atoms with E-state index in [9.17, 15) is 0 Å². The number of nitrogens with two attached hydrogens (primary N) is 1. The van der Waals surface area contributed by atoms with Crippen molar-refractivity contribution in [3.05, 3.63) is 12.4 Å². The Morgan fingerprint density at radius 2 is 2.32 bits per heavy atom. The molecule has 0 spiro atoms. The van der Waals surface area contributed by atoms with Gasteiger partial charge in [-0.05, 0) is 12.3 Å². The van der Waals surface area contributed by atoms with Crippen molar-refractivity contribution in [3.63, 3.8) is 0 Å². The van der Waals surface area contributed by atoms with Crippen molar-refractivity contribution in [1.82, 2.24) is 25.0 Å². The van der Waals surface area contributed by atoms with Crippen LogP contribution < -0.4 is 10.6 Å². The number of aromatic nitrogens is 5. The van der Waals surface area contributed by atoms with Gasteiger partial charge in [-0.3, -0.25) is 9.78 Å². The molecule has 1 aliphatic rings. The number of hydrogen-bond donors (Lipinski definition) is 2. The second-order valence-electron chi connectivity index (χ2n) is 5.26. The van der Waals surface area contributed by atoms with E-state index >= 15 is 0 Å². The SMILES string of the molecule is CC1CCN(c2n[nH]c(-c3cnn(C)c3)n2)CC1N. The Kier molecular flexibility index (Phi) is 2.98. The fraction of sp³-hybridized carbons (Fsp3) is 0.583. The molecule has 2 atom stereocenters. The molecule has 19 heavy (non-hydrogen) atoms. The summed E-state index contributed by atoms with van der Waals surface area (Å²) in [5.41, 5.74) is 7.05. The number of rotatable bonds is 2. The lowest BCUT2D eigenvalue weighted by molar-refractivity contribution is 0.376. The van der Waals surface area contributed by atoms with Gasteiger partial charge in [-0.15, -0.1) is 5.10 Å². The van der Waals surface area contributed by atoms with E-state index in [-0.39, 0.29) is 6.04 Å². The van der Waals surface area contributed by atoms with Crippen molar-refractivity contribution in [2.75, 3.05) is 18.0 Å². The highest BCUT2D eigenvalue weighted by Crippen LogP contribution is 2.21. The van der Waals surface area contributed by atoms with Gasteiger partial charge >= 0.3 is 0 Å². The number of nitrogens with one attached hydrogen (secondary N) is 1. The third-order valence-corrected chi connectivity index (χ3v) is 3.75. The highest BCUT2D eigenvalue weighted by Gasteiger charge is 2.25. The summed E-state index contributed by atoms with van der Waals surface area (Å²) in [6.07, 6.45) is 4.76. The number of hydrogen-bond acceptors (Lipinski definition) is 5. The summed E-state index contributed by atoms with van der Waals surface area (Å²) in [4.78, 5) is 6.67. The standard InChI is InChI=1S/C12H19N7/c1-8-3-4-19(7-10(8)13)12-15-11(16-17-12)9-5-14-18(2)6-9/h5-6,8,10H,3-4,7,13H2,1-2H3,(H,15,16,17). The number of H-pyrrole nitrogens is 1. The first-order chi connectivity index (χ1) is 9.13. The normalized spacial score (nSPS) is 23.8. The Labute approximate surface area is 111 Å². The minimum Gasteiger partial charge on any atom is -0.338 e. The van der Waals surface area contributed by atoms with E-state index in [1.807, 2.05) is 13.2 Å². The van der Waals surface area contributed by atoms with Crippen LogP contribution in [0.25, 0.3) is 11.4 Å². The maximum absolute atomic E-state index is 6.11. The Hall–Kier alpha value is -1.89. The number of aryl methyl sites for hydroxylation is 1. The molecule has 102 valence electrons. The second-order valence-corrected chi connectivity index (χ2v) is 5.26. The molecule has 0 bridgehead atoms. The summed E-state index contributed by atoms with van der Waals surface area (Å²) in [7, 11) is 1.88.